The van der Waals surface area contributed by atoms with Crippen molar-refractivity contribution >= 4 is 21.6 Å². The topological polar surface area (TPSA) is 140 Å². The normalized spacial score (nSPS) is 18.1. The van der Waals surface area contributed by atoms with Crippen molar-refractivity contribution in [1.29, 1.82) is 0 Å². The molecule has 2 aromatic carbocycles. The Kier molecular flexibility index (Phi) is 10.2. The number of hydrogen-bond donors (Lipinski definition) is 5. The van der Waals surface area contributed by atoms with Crippen molar-refractivity contribution in [2.45, 2.75) is 43.4 Å². The van der Waals surface area contributed by atoms with Gasteiger partial charge in [-0.1, -0.05) is 44.2 Å². The van der Waals surface area contributed by atoms with Gasteiger partial charge < -0.3 is 20.5 Å². The second kappa shape index (κ2) is 13.1. The first-order valence-electron chi connectivity index (χ1n) is 12.0. The SMILES string of the molecule is CC(C)CN(C[C@@H](O)[C@H](Cc1ccccc1)NC(=O)[C@@H]1COCCN1)S(=O)(=O)c1ccc(NO)cc1. The van der Waals surface area contributed by atoms with Gasteiger partial charge in [-0.15, -0.1) is 0 Å². The first kappa shape index (κ1) is 28.0. The fourth-order valence-corrected chi connectivity index (χ4v) is 5.65. The third kappa shape index (κ3) is 7.73. The predicted molar refractivity (Wildman–Crippen MR) is 136 cm³/mol. The van der Waals surface area contributed by atoms with Crippen molar-refractivity contribution in [1.82, 2.24) is 14.9 Å². The molecule has 1 amide bonds. The van der Waals surface area contributed by atoms with Crippen molar-refractivity contribution in [2.24, 2.45) is 5.92 Å². The molecule has 5 N–H and O–H groups in total. The van der Waals surface area contributed by atoms with Crippen LogP contribution in [0.4, 0.5) is 5.69 Å². The van der Waals surface area contributed by atoms with Crippen LogP contribution in [0.5, 0.6) is 0 Å². The maximum absolute atomic E-state index is 13.5. The molecule has 1 fully saturated rings. The smallest absolute Gasteiger partial charge is 0.243 e. The Bertz CT molecular complexity index is 1060. The standard InChI is InChI=1S/C25H36N4O6S/c1-18(2)15-29(36(33,34)21-10-8-20(28-32)9-11-21)16-24(30)22(14-19-6-4-3-5-7-19)27-25(31)23-17-35-13-12-26-23/h3-11,18,22-24,26,28,30,32H,12-17H2,1-2H3,(H,27,31)/t22-,23-,24+/m0/s1. The van der Waals surface area contributed by atoms with Crippen molar-refractivity contribution < 1.29 is 28.3 Å². The number of anilines is 1. The Morgan fingerprint density at radius 1 is 1.14 bits per heavy atom. The Hall–Kier alpha value is -2.54. The van der Waals surface area contributed by atoms with E-state index in [0.717, 1.165) is 5.56 Å². The first-order valence-corrected chi connectivity index (χ1v) is 13.5. The van der Waals surface area contributed by atoms with Crippen LogP contribution in [0.2, 0.25) is 0 Å². The van der Waals surface area contributed by atoms with Gasteiger partial charge >= 0.3 is 0 Å². The Balaban J connectivity index is 1.83. The van der Waals surface area contributed by atoms with Crippen LogP contribution in [0.1, 0.15) is 19.4 Å². The lowest BCUT2D eigenvalue weighted by atomic mass is 10.0. The number of benzene rings is 2. The largest absolute Gasteiger partial charge is 0.390 e. The Morgan fingerprint density at radius 2 is 1.83 bits per heavy atom. The number of aliphatic hydroxyl groups excluding tert-OH is 1. The predicted octanol–water partition coefficient (Wildman–Crippen LogP) is 1.21. The fourth-order valence-electron chi connectivity index (χ4n) is 4.03. The molecule has 1 heterocycles. The van der Waals surface area contributed by atoms with Crippen LogP contribution in [0, 0.1) is 5.92 Å². The maximum Gasteiger partial charge on any atom is 0.243 e. The van der Waals surface area contributed by atoms with E-state index in [4.69, 9.17) is 9.94 Å². The molecule has 1 aliphatic rings. The summed E-state index contributed by atoms with van der Waals surface area (Å²) in [5, 5.41) is 26.3. The minimum Gasteiger partial charge on any atom is -0.390 e. The van der Waals surface area contributed by atoms with E-state index < -0.39 is 28.2 Å². The lowest BCUT2D eigenvalue weighted by molar-refractivity contribution is -0.127. The molecule has 1 saturated heterocycles. The number of carbonyl (C=O) groups excluding carboxylic acids is 1. The van der Waals surface area contributed by atoms with Crippen molar-refractivity contribution in [2.75, 3.05) is 38.3 Å². The van der Waals surface area contributed by atoms with Gasteiger partial charge in [-0.05, 0) is 42.2 Å². The summed E-state index contributed by atoms with van der Waals surface area (Å²) in [6.45, 7) is 5.08. The number of hydrogen-bond acceptors (Lipinski definition) is 8. The molecule has 11 heteroatoms. The van der Waals surface area contributed by atoms with Crippen LogP contribution in [0.25, 0.3) is 0 Å². The molecule has 10 nitrogen and oxygen atoms in total. The summed E-state index contributed by atoms with van der Waals surface area (Å²) in [4.78, 5) is 13.0. The van der Waals surface area contributed by atoms with E-state index in [1.807, 2.05) is 49.7 Å². The highest BCUT2D eigenvalue weighted by Gasteiger charge is 2.32. The molecule has 0 aliphatic carbocycles. The number of amides is 1. The summed E-state index contributed by atoms with van der Waals surface area (Å²) in [5.74, 6) is -0.309. The van der Waals surface area contributed by atoms with Gasteiger partial charge in [0.2, 0.25) is 15.9 Å². The van der Waals surface area contributed by atoms with E-state index >= 15 is 0 Å². The first-order chi connectivity index (χ1) is 17.2. The van der Waals surface area contributed by atoms with E-state index in [1.54, 1.807) is 0 Å². The number of morpholine rings is 1. The zero-order valence-corrected chi connectivity index (χ0v) is 21.4. The number of carbonyl (C=O) groups is 1. The highest BCUT2D eigenvalue weighted by molar-refractivity contribution is 7.89. The number of aliphatic hydroxyl groups is 1. The summed E-state index contributed by atoms with van der Waals surface area (Å²) in [6, 6.07) is 13.8. The van der Waals surface area contributed by atoms with Crippen molar-refractivity contribution in [3.8, 4) is 0 Å². The summed E-state index contributed by atoms with van der Waals surface area (Å²) in [6.07, 6.45) is -0.848. The summed E-state index contributed by atoms with van der Waals surface area (Å²) in [7, 11) is -3.95. The second-order valence-electron chi connectivity index (χ2n) is 9.31. The van der Waals surface area contributed by atoms with Crippen LogP contribution < -0.4 is 16.1 Å². The zero-order chi connectivity index (χ0) is 26.1. The molecule has 3 rings (SSSR count). The summed E-state index contributed by atoms with van der Waals surface area (Å²) >= 11 is 0. The Morgan fingerprint density at radius 3 is 2.42 bits per heavy atom. The Labute approximate surface area is 212 Å². The molecular formula is C25H36N4O6S. The average Bonchev–Trinajstić information content (AvgIpc) is 2.88. The van der Waals surface area contributed by atoms with Gasteiger partial charge in [0, 0.05) is 19.6 Å². The number of rotatable bonds is 12. The van der Waals surface area contributed by atoms with Gasteiger partial charge in [-0.25, -0.2) is 8.42 Å². The van der Waals surface area contributed by atoms with Gasteiger partial charge in [-0.2, -0.15) is 4.31 Å². The summed E-state index contributed by atoms with van der Waals surface area (Å²) in [5.41, 5.74) is 3.24. The van der Waals surface area contributed by atoms with Crippen LogP contribution in [-0.2, 0) is 26.0 Å². The van der Waals surface area contributed by atoms with E-state index in [0.29, 0.717) is 25.3 Å². The second-order valence-corrected chi connectivity index (χ2v) is 11.2. The molecule has 2 aromatic rings. The lowest BCUT2D eigenvalue weighted by Crippen LogP contribution is -2.57. The maximum atomic E-state index is 13.5. The van der Waals surface area contributed by atoms with Gasteiger partial charge in [-0.3, -0.25) is 15.5 Å². The van der Waals surface area contributed by atoms with Gasteiger partial charge in [0.25, 0.3) is 0 Å². The molecule has 3 atom stereocenters. The molecule has 1 aliphatic heterocycles. The molecule has 0 unspecified atom stereocenters. The average molecular weight is 521 g/mol. The minimum atomic E-state index is -3.95. The number of nitrogens with one attached hydrogen (secondary N) is 3. The van der Waals surface area contributed by atoms with Crippen molar-refractivity contribution in [3.05, 3.63) is 60.2 Å². The van der Waals surface area contributed by atoms with Crippen LogP contribution in [-0.4, -0.2) is 80.0 Å². The number of ether oxygens (including phenoxy) is 1. The van der Waals surface area contributed by atoms with E-state index in [-0.39, 0.29) is 36.4 Å². The van der Waals surface area contributed by atoms with Gasteiger partial charge in [0.1, 0.15) is 6.04 Å². The van der Waals surface area contributed by atoms with E-state index in [1.165, 1.54) is 28.6 Å². The molecule has 36 heavy (non-hydrogen) atoms. The zero-order valence-electron chi connectivity index (χ0n) is 20.6. The van der Waals surface area contributed by atoms with Crippen molar-refractivity contribution in [3.63, 3.8) is 0 Å². The third-order valence-electron chi connectivity index (χ3n) is 5.91. The highest BCUT2D eigenvalue weighted by atomic mass is 32.2. The van der Waals surface area contributed by atoms with E-state index in [9.17, 15) is 18.3 Å². The third-order valence-corrected chi connectivity index (χ3v) is 7.76. The molecule has 0 spiro atoms. The molecule has 0 saturated carbocycles. The number of nitrogens with zero attached hydrogens (tertiary/aromatic N) is 1. The monoisotopic (exact) mass is 520 g/mol. The fraction of sp³-hybridized carbons (Fsp3) is 0.480. The minimum absolute atomic E-state index is 0.00360. The van der Waals surface area contributed by atoms with E-state index in [2.05, 4.69) is 10.6 Å². The molecular weight excluding hydrogens is 484 g/mol. The van der Waals surface area contributed by atoms with Crippen LogP contribution in [0.3, 0.4) is 0 Å². The van der Waals surface area contributed by atoms with Crippen LogP contribution in [0.15, 0.2) is 59.5 Å². The van der Waals surface area contributed by atoms with Gasteiger partial charge in [0.05, 0.1) is 35.9 Å². The molecule has 0 aromatic heterocycles. The quantitative estimate of drug-likeness (QED) is 0.263. The summed E-state index contributed by atoms with van der Waals surface area (Å²) < 4.78 is 33.6. The molecule has 0 radical (unpaired) electrons. The molecule has 198 valence electrons. The number of sulfonamides is 1. The van der Waals surface area contributed by atoms with Gasteiger partial charge in [0.15, 0.2) is 0 Å². The lowest BCUT2D eigenvalue weighted by Gasteiger charge is -2.32. The molecule has 0 bridgehead atoms. The van der Waals surface area contributed by atoms with Crippen LogP contribution >= 0.6 is 0 Å². The highest BCUT2D eigenvalue weighted by Crippen LogP contribution is 2.21.